The molecule has 1 aromatic rings. The molecular weight excluding hydrogens is 414 g/mol. The lowest BCUT2D eigenvalue weighted by atomic mass is 9.90. The van der Waals surface area contributed by atoms with Crippen LogP contribution in [0.2, 0.25) is 0 Å². The largest absolute Gasteiger partial charge is 0.416 e. The van der Waals surface area contributed by atoms with E-state index in [0.29, 0.717) is 12.1 Å². The van der Waals surface area contributed by atoms with Gasteiger partial charge in [0.1, 0.15) is 0 Å². The molecule has 2 rings (SSSR count). The van der Waals surface area contributed by atoms with Gasteiger partial charge in [-0.1, -0.05) is 12.2 Å². The number of allylic oxidation sites excluding steroid dienone is 1. The van der Waals surface area contributed by atoms with E-state index in [-0.39, 0.29) is 24.7 Å². The first-order valence-corrected chi connectivity index (χ1v) is 8.83. The van der Waals surface area contributed by atoms with Gasteiger partial charge in [-0.05, 0) is 42.8 Å². The molecular formula is C19H20F6N4O. The molecule has 11 heteroatoms. The number of hydrogen-bond donors (Lipinski definition) is 4. The maximum absolute atomic E-state index is 13.1. The summed E-state index contributed by atoms with van der Waals surface area (Å²) in [5, 5.41) is 9.79. The fraction of sp³-hybridized carbons (Fsp3) is 0.368. The number of carbonyl (C=O) groups is 1. The predicted molar refractivity (Wildman–Crippen MR) is 98.5 cm³/mol. The first kappa shape index (κ1) is 23.6. The molecule has 0 fully saturated rings. The van der Waals surface area contributed by atoms with E-state index in [1.165, 1.54) is 18.2 Å². The molecule has 0 radical (unpaired) electrons. The molecule has 1 aliphatic rings. The van der Waals surface area contributed by atoms with Crippen molar-refractivity contribution in [3.05, 3.63) is 58.8 Å². The Bertz CT molecular complexity index is 827. The van der Waals surface area contributed by atoms with Crippen LogP contribution in [0.1, 0.15) is 29.0 Å². The van der Waals surface area contributed by atoms with Crippen LogP contribution in [0.4, 0.5) is 26.3 Å². The molecule has 164 valence electrons. The van der Waals surface area contributed by atoms with Crippen molar-refractivity contribution < 1.29 is 31.1 Å². The maximum atomic E-state index is 13.1. The van der Waals surface area contributed by atoms with Gasteiger partial charge in [0.25, 0.3) is 0 Å². The molecule has 1 aliphatic carbocycles. The monoisotopic (exact) mass is 434 g/mol. The van der Waals surface area contributed by atoms with Gasteiger partial charge in [-0.2, -0.15) is 26.3 Å². The number of halogens is 6. The molecule has 0 aliphatic heterocycles. The third-order valence-corrected chi connectivity index (χ3v) is 4.56. The Labute approximate surface area is 168 Å². The number of rotatable bonds is 6. The van der Waals surface area contributed by atoms with Crippen LogP contribution in [0.5, 0.6) is 0 Å². The van der Waals surface area contributed by atoms with Gasteiger partial charge in [0.15, 0.2) is 0 Å². The average Bonchev–Trinajstić information content (AvgIpc) is 2.65. The molecule has 1 amide bonds. The summed E-state index contributed by atoms with van der Waals surface area (Å²) in [5.41, 5.74) is 8.00. The Morgan fingerprint density at radius 3 is 2.17 bits per heavy atom. The highest BCUT2D eigenvalue weighted by Crippen LogP contribution is 2.38. The van der Waals surface area contributed by atoms with Crippen LogP contribution in [0.3, 0.4) is 0 Å². The van der Waals surface area contributed by atoms with Crippen LogP contribution in [0.25, 0.3) is 0 Å². The maximum Gasteiger partial charge on any atom is 0.416 e. The number of hydrogen-bond acceptors (Lipinski definition) is 4. The zero-order valence-corrected chi connectivity index (χ0v) is 15.5. The zero-order chi connectivity index (χ0) is 22.7. The minimum atomic E-state index is -5.03. The van der Waals surface area contributed by atoms with Crippen LogP contribution in [0.15, 0.2) is 42.1 Å². The van der Waals surface area contributed by atoms with Gasteiger partial charge in [-0.3, -0.25) is 4.79 Å². The summed E-state index contributed by atoms with van der Waals surface area (Å²) in [5.74, 6) is -2.67. The quantitative estimate of drug-likeness (QED) is 0.408. The van der Waals surface area contributed by atoms with E-state index >= 15 is 0 Å². The van der Waals surface area contributed by atoms with E-state index in [0.717, 1.165) is 6.21 Å². The third kappa shape index (κ3) is 5.70. The van der Waals surface area contributed by atoms with Gasteiger partial charge in [-0.25, -0.2) is 0 Å². The summed E-state index contributed by atoms with van der Waals surface area (Å²) in [6.45, 7) is -0.140. The van der Waals surface area contributed by atoms with Crippen molar-refractivity contribution in [2.24, 2.45) is 17.4 Å². The van der Waals surface area contributed by atoms with Crippen LogP contribution >= 0.6 is 0 Å². The Balaban J connectivity index is 2.43. The number of amides is 1. The second-order valence-electron chi connectivity index (χ2n) is 6.76. The van der Waals surface area contributed by atoms with Crippen LogP contribution in [-0.2, 0) is 17.1 Å². The van der Waals surface area contributed by atoms with E-state index in [1.807, 2.05) is 0 Å². The zero-order valence-electron chi connectivity index (χ0n) is 15.5. The lowest BCUT2D eigenvalue weighted by Gasteiger charge is -2.23. The van der Waals surface area contributed by atoms with Gasteiger partial charge >= 0.3 is 12.4 Å². The lowest BCUT2D eigenvalue weighted by Crippen LogP contribution is -2.35. The van der Waals surface area contributed by atoms with Crippen molar-refractivity contribution in [1.82, 2.24) is 5.32 Å². The summed E-state index contributed by atoms with van der Waals surface area (Å²) in [6.07, 6.45) is -4.72. The lowest BCUT2D eigenvalue weighted by molar-refractivity contribution is -0.143. The molecule has 1 aromatic carbocycles. The van der Waals surface area contributed by atoms with Gasteiger partial charge in [0.05, 0.1) is 17.0 Å². The smallest absolute Gasteiger partial charge is 0.330 e. The third-order valence-electron chi connectivity index (χ3n) is 4.56. The van der Waals surface area contributed by atoms with Gasteiger partial charge < -0.3 is 22.2 Å². The standard InChI is InChI=1S/C19H20F6N4O/c20-18(21,22)12-5-10(6-13(8-12)19(23,24)25)15(3-4-26)17(30)29-14-1-2-16(28)11(7-14)9-27/h1-2,5-9,11,15-16,27H,3-4,26,28H2,(H,29,30). The van der Waals surface area contributed by atoms with E-state index in [1.54, 1.807) is 0 Å². The number of nitrogens with two attached hydrogens (primary N) is 2. The Morgan fingerprint density at radius 2 is 1.70 bits per heavy atom. The molecule has 6 N–H and O–H groups in total. The molecule has 3 atom stereocenters. The Kier molecular flexibility index (Phi) is 7.09. The fourth-order valence-electron chi connectivity index (χ4n) is 2.98. The Hall–Kier alpha value is -2.66. The van der Waals surface area contributed by atoms with Crippen molar-refractivity contribution in [3.8, 4) is 0 Å². The summed E-state index contributed by atoms with van der Waals surface area (Å²) >= 11 is 0. The molecule has 0 bridgehead atoms. The minimum Gasteiger partial charge on any atom is -0.330 e. The van der Waals surface area contributed by atoms with Crippen LogP contribution < -0.4 is 16.8 Å². The molecule has 0 saturated carbocycles. The number of alkyl halides is 6. The predicted octanol–water partition coefficient (Wildman–Crippen LogP) is 3.32. The summed E-state index contributed by atoms with van der Waals surface area (Å²) in [7, 11) is 0. The van der Waals surface area contributed by atoms with Crippen molar-refractivity contribution in [2.45, 2.75) is 30.7 Å². The highest BCUT2D eigenvalue weighted by molar-refractivity contribution is 5.86. The Morgan fingerprint density at radius 1 is 1.13 bits per heavy atom. The summed E-state index contributed by atoms with van der Waals surface area (Å²) < 4.78 is 78.8. The average molecular weight is 434 g/mol. The number of benzene rings is 1. The van der Waals surface area contributed by atoms with Crippen LogP contribution in [-0.4, -0.2) is 24.7 Å². The van der Waals surface area contributed by atoms with E-state index in [4.69, 9.17) is 16.9 Å². The number of carbonyl (C=O) groups excluding carboxylic acids is 1. The van der Waals surface area contributed by atoms with Crippen molar-refractivity contribution in [1.29, 1.82) is 5.41 Å². The first-order chi connectivity index (χ1) is 13.9. The molecule has 5 nitrogen and oxygen atoms in total. The van der Waals surface area contributed by atoms with Gasteiger partial charge in [0, 0.05) is 23.9 Å². The summed E-state index contributed by atoms with van der Waals surface area (Å²) in [4.78, 5) is 12.7. The minimum absolute atomic E-state index is 0.00335. The molecule has 0 heterocycles. The fourth-order valence-corrected chi connectivity index (χ4v) is 2.98. The SMILES string of the molecule is N=CC1C=C(NC(=O)C(CCN)c2cc(C(F)(F)F)cc(C(F)(F)F)c2)C=CC1N. The van der Waals surface area contributed by atoms with Crippen molar-refractivity contribution >= 4 is 12.1 Å². The number of nitrogens with one attached hydrogen (secondary N) is 2. The first-order valence-electron chi connectivity index (χ1n) is 8.83. The van der Waals surface area contributed by atoms with Crippen molar-refractivity contribution in [3.63, 3.8) is 0 Å². The normalized spacial score (nSPS) is 20.5. The molecule has 3 unspecified atom stereocenters. The second kappa shape index (κ2) is 9.00. The van der Waals surface area contributed by atoms with Crippen molar-refractivity contribution in [2.75, 3.05) is 6.54 Å². The second-order valence-corrected chi connectivity index (χ2v) is 6.76. The molecule has 0 spiro atoms. The van der Waals surface area contributed by atoms with E-state index in [9.17, 15) is 31.1 Å². The molecule has 0 aromatic heterocycles. The molecule has 0 saturated heterocycles. The highest BCUT2D eigenvalue weighted by atomic mass is 19.4. The molecule has 30 heavy (non-hydrogen) atoms. The van der Waals surface area contributed by atoms with E-state index in [2.05, 4.69) is 5.32 Å². The van der Waals surface area contributed by atoms with Crippen LogP contribution in [0, 0.1) is 11.3 Å². The topological polar surface area (TPSA) is 105 Å². The van der Waals surface area contributed by atoms with Gasteiger partial charge in [-0.15, -0.1) is 0 Å². The van der Waals surface area contributed by atoms with E-state index < -0.39 is 52.8 Å². The van der Waals surface area contributed by atoms with Gasteiger partial charge in [0.2, 0.25) is 5.91 Å². The highest BCUT2D eigenvalue weighted by Gasteiger charge is 2.38. The summed E-state index contributed by atoms with van der Waals surface area (Å²) in [6, 6.07) is 0.567.